The van der Waals surface area contributed by atoms with Gasteiger partial charge in [0.1, 0.15) is 53.5 Å². The van der Waals surface area contributed by atoms with E-state index < -0.39 is 83.8 Å². The summed E-state index contributed by atoms with van der Waals surface area (Å²) in [4.78, 5) is 126. The summed E-state index contributed by atoms with van der Waals surface area (Å²) in [5.74, 6) is -7.64. The molecule has 9 heterocycles. The molecule has 1 aliphatic carbocycles. The average Bonchev–Trinajstić information content (AvgIpc) is 1.34. The van der Waals surface area contributed by atoms with E-state index in [9.17, 15) is 43.8 Å². The molecule has 5 aromatic heterocycles. The number of rotatable bonds is 29. The number of carbonyl (C=O) groups is 7. The number of piperidine rings is 1. The van der Waals surface area contributed by atoms with Gasteiger partial charge in [0.25, 0.3) is 17.7 Å². The molecule has 35 heteroatoms. The molecule has 2 aromatic carbocycles. The zero-order valence-electron chi connectivity index (χ0n) is 75.1. The lowest BCUT2D eigenvalue weighted by molar-refractivity contribution is -0.265. The summed E-state index contributed by atoms with van der Waals surface area (Å²) in [5.41, 5.74) is 26.9. The van der Waals surface area contributed by atoms with Gasteiger partial charge in [-0.2, -0.15) is 10.1 Å². The highest BCUT2D eigenvalue weighted by Gasteiger charge is 2.53. The number of aliphatic hydroxyl groups excluding tert-OH is 1. The van der Waals surface area contributed by atoms with Crippen molar-refractivity contribution in [1.82, 2.24) is 64.8 Å². The molecule has 692 valence electrons. The number of carbonyl (C=O) groups excluding carboxylic acids is 7. The number of hydrogen-bond donors (Lipinski definition) is 6. The molecule has 2 bridgehead atoms. The molecule has 1 saturated carbocycles. The molecular weight excluding hydrogens is 1640 g/mol. The molecule has 5 aliphatic rings. The molecule has 7 aromatic rings. The summed E-state index contributed by atoms with van der Waals surface area (Å²) in [5, 5.41) is 40.8. The topological polar surface area (TPSA) is 460 Å². The fraction of sp³-hybridized carbons (Fsp3) is 0.581. The van der Waals surface area contributed by atoms with Crippen molar-refractivity contribution in [2.75, 3.05) is 103 Å². The zero-order chi connectivity index (χ0) is 91.1. The van der Waals surface area contributed by atoms with Crippen LogP contribution in [0.2, 0.25) is 0 Å². The highest BCUT2D eigenvalue weighted by Crippen LogP contribution is 2.39. The van der Waals surface area contributed by atoms with E-state index in [1.54, 1.807) is 75.8 Å². The number of aromatic nitrogens is 10. The van der Waals surface area contributed by atoms with Crippen LogP contribution in [0.25, 0.3) is 44.5 Å². The number of aliphatic hydroxyl groups is 2. The molecule has 0 unspecified atom stereocenters. The van der Waals surface area contributed by atoms with E-state index in [0.717, 1.165) is 39.1 Å². The second-order valence-electron chi connectivity index (χ2n) is 34.7. The Labute approximate surface area is 746 Å². The second kappa shape index (κ2) is 46.2. The number of esters is 1. The van der Waals surface area contributed by atoms with Crippen LogP contribution < -0.4 is 27.4 Å². The monoisotopic (exact) mass is 1770 g/mol. The van der Waals surface area contributed by atoms with E-state index in [0.29, 0.717) is 187 Å². The lowest BCUT2D eigenvalue weighted by atomic mass is 9.80. The van der Waals surface area contributed by atoms with Crippen LogP contribution in [0.5, 0.6) is 0 Å². The van der Waals surface area contributed by atoms with E-state index in [-0.39, 0.29) is 105 Å². The lowest BCUT2D eigenvalue weighted by Crippen LogP contribution is -2.61. The Morgan fingerprint density at radius 2 is 1.56 bits per heavy atom. The van der Waals surface area contributed by atoms with Gasteiger partial charge in [0.2, 0.25) is 23.5 Å². The fourth-order valence-corrected chi connectivity index (χ4v) is 17.7. The number of methoxy groups -OCH3 is 3. The molecule has 128 heavy (non-hydrogen) atoms. The molecule has 0 radical (unpaired) electrons. The number of ether oxygens (including phenoxy) is 8. The zero-order valence-corrected chi connectivity index (χ0v) is 75.1. The standard InChI is InChI=1S/C93H127N17O18/c1-57-18-11-10-12-19-58(2)76(120-7)50-69-27-23-62(6)93(119,128-69)86(116)89(117)109-33-15-13-22-72(109)90(118)126-77(51-73(111)59(3)45-61(5)84(115)85(122-9)83(114)60(4)44-57)70(94)47-63-24-28-75(78(48-63)121-8)125-55-64-20-17-21-65(46-64)67-52-98-92(99-53-67)107-37-35-106(36-38-107)80(113)30-26-68-54-108(105-103-68)39-41-124-43-42-123-40-31-79(112)97-32-14-16-34-110-88-81(87(95)100-56-101-88)82(104-110)66-25-29-74-71(49-66)102-91(96)127-74/h10-12,17-21,25,29,45-46,49,52-54,56-57,59-60,62-63,69-70,72,75-78,84-85,115,119H,13-16,22-24,26-28,30-44,47-48,50-51,55,94H2,1-9H3,(H2,96,102)(H,97,112)(H2,95,100,101)/b12-10?,18-11+,58-19?,61-45+/t57-,59-,60-,62-,63+,69+,70-,72+,75-,76+,77+,78-,84-,85+,93-/m1/s1. The number of piperazine rings is 1. The molecule has 0 spiro atoms. The normalized spacial score (nSPS) is 26.4. The first-order valence-electron chi connectivity index (χ1n) is 44.9. The van der Waals surface area contributed by atoms with Gasteiger partial charge in [-0.05, 0) is 149 Å². The van der Waals surface area contributed by atoms with Gasteiger partial charge < -0.3 is 89.7 Å². The first kappa shape index (κ1) is 96.6. The summed E-state index contributed by atoms with van der Waals surface area (Å²) in [7, 11) is 4.58. The molecule has 35 nitrogen and oxygen atoms in total. The summed E-state index contributed by atoms with van der Waals surface area (Å²) >= 11 is 0. The van der Waals surface area contributed by atoms with Gasteiger partial charge in [-0.3, -0.25) is 28.8 Å². The van der Waals surface area contributed by atoms with Crippen molar-refractivity contribution in [3.63, 3.8) is 0 Å². The van der Waals surface area contributed by atoms with Crippen LogP contribution >= 0.6 is 0 Å². The van der Waals surface area contributed by atoms with Gasteiger partial charge in [0, 0.05) is 153 Å². The third-order valence-corrected chi connectivity index (χ3v) is 25.3. The SMILES string of the molecule is CO[C@H]1C[C@@H]2CC[C@@H](C)[C@@](O)(O2)C(=O)C(=O)N2CCCC[C@H]2C(=O)O[C@H]([C@H](N)C[C@@H]2CC[C@@H](OCc3cccc(-c4cnc(N5CCN(C(=O)CCc6cn(CCOCCOCCC(=O)NCCCCn7nc(-c8ccc9oc(N)nc9c8)c8c(N)ncnc87)nn6)CC5)nc4)c3)[C@H](OC)C2)CC(=O)[C@H](C)/C=C(\C)[C@@H](O)[C@@H](OC)C(=O)[C@H](C)C[C@H](C)/C=C/C=CC=C1C. The Balaban J connectivity index is 0.566. The van der Waals surface area contributed by atoms with Crippen molar-refractivity contribution in [2.24, 2.45) is 35.3 Å². The third-order valence-electron chi connectivity index (χ3n) is 25.3. The van der Waals surface area contributed by atoms with E-state index in [4.69, 9.17) is 74.6 Å². The van der Waals surface area contributed by atoms with E-state index >= 15 is 0 Å². The molecular formula is C93H127N17O18. The van der Waals surface area contributed by atoms with Crippen molar-refractivity contribution < 1.29 is 86.1 Å². The highest BCUT2D eigenvalue weighted by atomic mass is 16.6. The smallest absolute Gasteiger partial charge is 0.329 e. The first-order valence-corrected chi connectivity index (χ1v) is 44.9. The Morgan fingerprint density at radius 1 is 0.773 bits per heavy atom. The number of hydrogen-bond acceptors (Lipinski definition) is 30. The van der Waals surface area contributed by atoms with Gasteiger partial charge in [0.05, 0.1) is 75.1 Å². The number of oxazole rings is 1. The fourth-order valence-electron chi connectivity index (χ4n) is 17.7. The maximum absolute atomic E-state index is 14.8. The van der Waals surface area contributed by atoms with Crippen molar-refractivity contribution in [3.05, 3.63) is 126 Å². The predicted molar refractivity (Wildman–Crippen MR) is 477 cm³/mol. The number of aryl methyl sites for hydroxylation is 2. The van der Waals surface area contributed by atoms with Gasteiger partial charge in [-0.15, -0.1) is 5.10 Å². The number of fused-ring (bicyclic) bond motifs is 5. The van der Waals surface area contributed by atoms with Gasteiger partial charge in [-0.1, -0.05) is 87.6 Å². The molecule has 4 fully saturated rings. The number of unbranched alkanes of at least 4 members (excludes halogenated alkanes) is 1. The van der Waals surface area contributed by atoms with Crippen LogP contribution in [0, 0.1) is 29.6 Å². The van der Waals surface area contributed by atoms with Crippen LogP contribution in [0.15, 0.2) is 119 Å². The number of amides is 3. The number of anilines is 3. The maximum atomic E-state index is 14.8. The van der Waals surface area contributed by atoms with E-state index in [2.05, 4.69) is 35.5 Å². The Kier molecular flexibility index (Phi) is 34.9. The lowest BCUT2D eigenvalue weighted by Gasteiger charge is -2.42. The van der Waals surface area contributed by atoms with Gasteiger partial charge in [-0.25, -0.2) is 34.1 Å². The minimum atomic E-state index is -2.50. The molecule has 9 N–H and O–H groups in total. The minimum absolute atomic E-state index is 0.0240. The quantitative estimate of drug-likeness (QED) is 0.0111. The van der Waals surface area contributed by atoms with Crippen molar-refractivity contribution >= 4 is 81.0 Å². The number of benzene rings is 2. The van der Waals surface area contributed by atoms with Crippen molar-refractivity contribution in [3.8, 4) is 22.4 Å². The van der Waals surface area contributed by atoms with Crippen molar-refractivity contribution in [2.45, 2.75) is 231 Å². The maximum Gasteiger partial charge on any atom is 0.329 e. The molecule has 15 atom stereocenters. The van der Waals surface area contributed by atoms with E-state index in [1.165, 1.54) is 13.4 Å². The minimum Gasteiger partial charge on any atom is -0.459 e. The molecule has 12 rings (SSSR count). The van der Waals surface area contributed by atoms with Crippen molar-refractivity contribution in [1.29, 1.82) is 0 Å². The van der Waals surface area contributed by atoms with Crippen LogP contribution in [-0.4, -0.2) is 258 Å². The van der Waals surface area contributed by atoms with E-state index in [1.807, 2.05) is 91.7 Å². The predicted octanol–water partition coefficient (Wildman–Crippen LogP) is 8.56. The molecule has 3 amide bonds. The number of Topliss-reactive ketones (excluding diaryl/α,β-unsaturated/α-hetero) is 3. The molecule has 3 saturated heterocycles. The number of cyclic esters (lactones) is 1. The van der Waals surface area contributed by atoms with Crippen LogP contribution in [0.1, 0.15) is 156 Å². The van der Waals surface area contributed by atoms with Crippen LogP contribution in [0.4, 0.5) is 17.8 Å². The van der Waals surface area contributed by atoms with Gasteiger partial charge >= 0.3 is 5.97 Å². The number of allylic oxidation sites excluding steroid dienone is 6. The average molecular weight is 1770 g/mol. The number of ketones is 3. The second-order valence-corrected chi connectivity index (χ2v) is 34.7. The summed E-state index contributed by atoms with van der Waals surface area (Å²) < 4.78 is 57.2. The Morgan fingerprint density at radius 3 is 2.34 bits per heavy atom. The summed E-state index contributed by atoms with van der Waals surface area (Å²) in [6.45, 7) is 15.9. The number of nitrogens with zero attached hydrogens (tertiary/aromatic N) is 13. The highest BCUT2D eigenvalue weighted by molar-refractivity contribution is 6.39. The Hall–Kier alpha value is -10.5. The summed E-state index contributed by atoms with van der Waals surface area (Å²) in [6.07, 6.45) is 19.3. The first-order chi connectivity index (χ1) is 61.7. The third kappa shape index (κ3) is 25.3. The number of nitrogens with two attached hydrogens (primary N) is 3. The van der Waals surface area contributed by atoms with Gasteiger partial charge in [0.15, 0.2) is 17.0 Å². The number of nitrogen functional groups attached to an aromatic ring is 2. The Bertz CT molecular complexity index is 5040. The van der Waals surface area contributed by atoms with Crippen LogP contribution in [0.3, 0.4) is 0 Å². The largest absolute Gasteiger partial charge is 0.459 e. The number of nitrogens with one attached hydrogen (secondary N) is 1. The summed E-state index contributed by atoms with van der Waals surface area (Å²) in [6, 6.07) is 11.4. The van der Waals surface area contributed by atoms with Crippen LogP contribution in [-0.2, 0) is 97.6 Å². The molecule has 4 aliphatic heterocycles.